The Hall–Kier alpha value is -1.46. The molecule has 1 saturated heterocycles. The van der Waals surface area contributed by atoms with Crippen molar-refractivity contribution in [1.29, 1.82) is 0 Å². The van der Waals surface area contributed by atoms with Gasteiger partial charge in [0.2, 0.25) is 0 Å². The van der Waals surface area contributed by atoms with Gasteiger partial charge in [-0.05, 0) is 6.92 Å². The van der Waals surface area contributed by atoms with E-state index in [-0.39, 0.29) is 19.3 Å². The van der Waals surface area contributed by atoms with Gasteiger partial charge >= 0.3 is 12.2 Å². The predicted molar refractivity (Wildman–Crippen MR) is 45.9 cm³/mol. The minimum Gasteiger partial charge on any atom is -0.448 e. The van der Waals surface area contributed by atoms with Gasteiger partial charge in [0.25, 0.3) is 0 Å². The van der Waals surface area contributed by atoms with E-state index >= 15 is 0 Å². The van der Waals surface area contributed by atoms with E-state index in [1.54, 1.807) is 6.92 Å². The van der Waals surface area contributed by atoms with E-state index in [9.17, 15) is 9.59 Å². The molecule has 0 aromatic rings. The van der Waals surface area contributed by atoms with Gasteiger partial charge in [-0.25, -0.2) is 9.59 Å². The fraction of sp³-hybridized carbons (Fsp3) is 0.750. The van der Waals surface area contributed by atoms with Crippen LogP contribution in [0, 0.1) is 0 Å². The second-order valence-electron chi connectivity index (χ2n) is 2.63. The number of carbonyl (C=O) groups excluding carboxylic acids is 2. The third-order valence-corrected chi connectivity index (χ3v) is 1.69. The van der Waals surface area contributed by atoms with E-state index in [4.69, 9.17) is 0 Å². The fourth-order valence-electron chi connectivity index (χ4n) is 1.03. The molecule has 1 aliphatic rings. The molecule has 1 heterocycles. The van der Waals surface area contributed by atoms with Gasteiger partial charge in [-0.15, -0.1) is 0 Å². The summed E-state index contributed by atoms with van der Waals surface area (Å²) in [6.45, 7) is 3.40. The molecule has 0 N–H and O–H groups in total. The lowest BCUT2D eigenvalue weighted by Gasteiger charge is -2.11. The molecule has 14 heavy (non-hydrogen) atoms. The van der Waals surface area contributed by atoms with Crippen LogP contribution in [0.25, 0.3) is 0 Å². The van der Waals surface area contributed by atoms with Crippen LogP contribution in [0.5, 0.6) is 0 Å². The summed E-state index contributed by atoms with van der Waals surface area (Å²) < 4.78 is 13.9. The minimum absolute atomic E-state index is 0.133. The highest BCUT2D eigenvalue weighted by molar-refractivity contribution is 5.69. The number of amides is 1. The van der Waals surface area contributed by atoms with Crippen molar-refractivity contribution in [1.82, 2.24) is 4.90 Å². The zero-order valence-electron chi connectivity index (χ0n) is 8.02. The molecule has 0 unspecified atom stereocenters. The van der Waals surface area contributed by atoms with Crippen LogP contribution >= 0.6 is 0 Å². The molecule has 0 aromatic heterocycles. The molecule has 0 saturated carbocycles. The molecule has 6 heteroatoms. The first-order valence-electron chi connectivity index (χ1n) is 4.45. The normalized spacial score (nSPS) is 15.2. The molecule has 6 nitrogen and oxygen atoms in total. The number of carbonyl (C=O) groups is 2. The third-order valence-electron chi connectivity index (χ3n) is 1.69. The smallest absolute Gasteiger partial charge is 0.448 e. The second-order valence-corrected chi connectivity index (χ2v) is 2.63. The van der Waals surface area contributed by atoms with Crippen LogP contribution < -0.4 is 0 Å². The number of rotatable bonds is 4. The molecule has 80 valence electrons. The zero-order valence-corrected chi connectivity index (χ0v) is 8.02. The Morgan fingerprint density at radius 1 is 1.57 bits per heavy atom. The van der Waals surface area contributed by atoms with Gasteiger partial charge < -0.3 is 19.1 Å². The summed E-state index contributed by atoms with van der Waals surface area (Å²) in [4.78, 5) is 23.1. The Morgan fingerprint density at radius 2 is 2.36 bits per heavy atom. The van der Waals surface area contributed by atoms with E-state index < -0.39 is 6.16 Å². The Morgan fingerprint density at radius 3 is 2.93 bits per heavy atom. The van der Waals surface area contributed by atoms with Crippen molar-refractivity contribution in [2.24, 2.45) is 0 Å². The van der Waals surface area contributed by atoms with Crippen LogP contribution in [0.15, 0.2) is 0 Å². The highest BCUT2D eigenvalue weighted by Crippen LogP contribution is 2.02. The summed E-state index contributed by atoms with van der Waals surface area (Å²) >= 11 is 0. The van der Waals surface area contributed by atoms with Crippen molar-refractivity contribution in [2.45, 2.75) is 6.92 Å². The highest BCUT2D eigenvalue weighted by atomic mass is 16.7. The molecule has 1 aliphatic heterocycles. The largest absolute Gasteiger partial charge is 0.508 e. The maximum absolute atomic E-state index is 10.9. The van der Waals surface area contributed by atoms with Crippen molar-refractivity contribution in [3.05, 3.63) is 0 Å². The summed E-state index contributed by atoms with van der Waals surface area (Å²) in [7, 11) is 0. The summed E-state index contributed by atoms with van der Waals surface area (Å²) in [5.41, 5.74) is 0. The van der Waals surface area contributed by atoms with Crippen molar-refractivity contribution < 1.29 is 23.8 Å². The van der Waals surface area contributed by atoms with Crippen molar-refractivity contribution in [3.63, 3.8) is 0 Å². The first-order chi connectivity index (χ1) is 6.74. The van der Waals surface area contributed by atoms with Crippen LogP contribution in [0.4, 0.5) is 9.59 Å². The van der Waals surface area contributed by atoms with Gasteiger partial charge in [0, 0.05) is 0 Å². The molecular weight excluding hydrogens is 190 g/mol. The number of ether oxygens (including phenoxy) is 3. The molecule has 0 spiro atoms. The van der Waals surface area contributed by atoms with Crippen molar-refractivity contribution in [2.75, 3.05) is 32.9 Å². The maximum atomic E-state index is 10.9. The lowest BCUT2D eigenvalue weighted by atomic mass is 10.5. The predicted octanol–water partition coefficient (Wildman–Crippen LogP) is 0.612. The molecule has 0 atom stereocenters. The van der Waals surface area contributed by atoms with Crippen LogP contribution in [-0.4, -0.2) is 50.1 Å². The van der Waals surface area contributed by atoms with Gasteiger partial charge in [-0.3, -0.25) is 0 Å². The van der Waals surface area contributed by atoms with E-state index in [2.05, 4.69) is 14.2 Å². The first-order valence-corrected chi connectivity index (χ1v) is 4.45. The Bertz CT molecular complexity index is 218. The molecule has 1 rings (SSSR count). The lowest BCUT2D eigenvalue weighted by Crippen LogP contribution is -2.29. The average molecular weight is 203 g/mol. The van der Waals surface area contributed by atoms with Crippen LogP contribution in [0.1, 0.15) is 6.92 Å². The number of hydrogen-bond donors (Lipinski definition) is 0. The molecule has 0 bridgehead atoms. The first kappa shape index (κ1) is 10.6. The summed E-state index contributed by atoms with van der Waals surface area (Å²) in [5, 5.41) is 0. The second kappa shape index (κ2) is 5.31. The summed E-state index contributed by atoms with van der Waals surface area (Å²) in [6, 6.07) is 0. The maximum Gasteiger partial charge on any atom is 0.508 e. The molecular formula is C8H13NO5. The minimum atomic E-state index is -0.708. The van der Waals surface area contributed by atoms with Crippen LogP contribution in [-0.2, 0) is 14.2 Å². The summed E-state index contributed by atoms with van der Waals surface area (Å²) in [5.74, 6) is 0. The summed E-state index contributed by atoms with van der Waals surface area (Å²) in [6.07, 6.45) is -1.07. The molecule has 1 fully saturated rings. The quantitative estimate of drug-likeness (QED) is 0.626. The Labute approximate surface area is 81.7 Å². The molecule has 0 aliphatic carbocycles. The lowest BCUT2D eigenvalue weighted by molar-refractivity contribution is 0.0541. The van der Waals surface area contributed by atoms with Gasteiger partial charge in [-0.2, -0.15) is 0 Å². The molecule has 0 radical (unpaired) electrons. The fourth-order valence-corrected chi connectivity index (χ4v) is 1.03. The number of nitrogens with zero attached hydrogens (tertiary/aromatic N) is 1. The highest BCUT2D eigenvalue weighted by Gasteiger charge is 2.21. The molecule has 0 aromatic carbocycles. The standard InChI is InChI=1S/C8H13NO5/c1-2-12-8(11)14-6-4-9-3-5-13-7(9)10/h2-6H2,1H3. The number of hydrogen-bond acceptors (Lipinski definition) is 5. The number of cyclic esters (lactones) is 1. The van der Waals surface area contributed by atoms with Gasteiger partial charge in [-0.1, -0.05) is 0 Å². The Kier molecular flexibility index (Phi) is 4.03. The van der Waals surface area contributed by atoms with Gasteiger partial charge in [0.05, 0.1) is 19.7 Å². The van der Waals surface area contributed by atoms with Crippen molar-refractivity contribution >= 4 is 12.2 Å². The van der Waals surface area contributed by atoms with E-state index in [1.807, 2.05) is 0 Å². The topological polar surface area (TPSA) is 65.1 Å². The van der Waals surface area contributed by atoms with Gasteiger partial charge in [0.1, 0.15) is 13.2 Å². The SMILES string of the molecule is CCOC(=O)OCCN1CCOC1=O. The van der Waals surface area contributed by atoms with E-state index in [0.717, 1.165) is 0 Å². The van der Waals surface area contributed by atoms with E-state index in [0.29, 0.717) is 19.7 Å². The Balaban J connectivity index is 2.08. The van der Waals surface area contributed by atoms with Crippen LogP contribution in [0.3, 0.4) is 0 Å². The molecule has 1 amide bonds. The average Bonchev–Trinajstić information content (AvgIpc) is 2.52. The third kappa shape index (κ3) is 3.12. The van der Waals surface area contributed by atoms with Crippen LogP contribution in [0.2, 0.25) is 0 Å². The van der Waals surface area contributed by atoms with Crippen molar-refractivity contribution in [3.8, 4) is 0 Å². The monoisotopic (exact) mass is 203 g/mol. The zero-order chi connectivity index (χ0) is 10.4. The van der Waals surface area contributed by atoms with E-state index in [1.165, 1.54) is 4.90 Å². The van der Waals surface area contributed by atoms with Gasteiger partial charge in [0.15, 0.2) is 0 Å².